The Morgan fingerprint density at radius 3 is 2.33 bits per heavy atom. The normalized spacial score (nSPS) is 10.1. The molecular weight excluding hydrogens is 274 g/mol. The minimum absolute atomic E-state index is 0.0286. The number of rotatable bonds is 5. The summed E-state index contributed by atoms with van der Waals surface area (Å²) < 4.78 is 0. The fraction of sp³-hybridized carbons (Fsp3) is 0.143. The topological polar surface area (TPSA) is 98.3 Å². The summed E-state index contributed by atoms with van der Waals surface area (Å²) in [5.74, 6) is 0. The van der Waals surface area contributed by atoms with Gasteiger partial charge < -0.3 is 5.32 Å². The maximum Gasteiger partial charge on any atom is 0.292 e. The van der Waals surface area contributed by atoms with E-state index in [-0.39, 0.29) is 17.9 Å². The van der Waals surface area contributed by atoms with Crippen LogP contribution in [0.15, 0.2) is 42.5 Å². The van der Waals surface area contributed by atoms with E-state index in [0.717, 1.165) is 0 Å². The SMILES string of the molecule is Cc1ccc(CNc2ccccc2[N+](=O)[O-])cc1[N+](=O)[O-]. The van der Waals surface area contributed by atoms with E-state index in [2.05, 4.69) is 5.32 Å². The molecule has 0 heterocycles. The predicted molar refractivity (Wildman–Crippen MR) is 78.3 cm³/mol. The molecule has 0 spiro atoms. The number of nitrogens with zero attached hydrogens (tertiary/aromatic N) is 2. The molecule has 2 rings (SSSR count). The smallest absolute Gasteiger partial charge is 0.292 e. The number of nitro groups is 2. The maximum absolute atomic E-state index is 10.9. The summed E-state index contributed by atoms with van der Waals surface area (Å²) in [6.07, 6.45) is 0. The number of hydrogen-bond acceptors (Lipinski definition) is 5. The number of nitro benzene ring substituents is 2. The number of benzene rings is 2. The van der Waals surface area contributed by atoms with E-state index < -0.39 is 9.85 Å². The number of hydrogen-bond donors (Lipinski definition) is 1. The van der Waals surface area contributed by atoms with Gasteiger partial charge in [-0.05, 0) is 18.6 Å². The van der Waals surface area contributed by atoms with Crippen LogP contribution in [0.4, 0.5) is 17.1 Å². The fourth-order valence-electron chi connectivity index (χ4n) is 1.94. The number of nitrogens with one attached hydrogen (secondary N) is 1. The first-order chi connectivity index (χ1) is 9.99. The van der Waals surface area contributed by atoms with E-state index in [0.29, 0.717) is 16.8 Å². The van der Waals surface area contributed by atoms with E-state index in [1.165, 1.54) is 12.1 Å². The number of para-hydroxylation sites is 2. The molecule has 21 heavy (non-hydrogen) atoms. The van der Waals surface area contributed by atoms with Gasteiger partial charge in [0, 0.05) is 24.2 Å². The highest BCUT2D eigenvalue weighted by Gasteiger charge is 2.13. The first-order valence-electron chi connectivity index (χ1n) is 6.20. The van der Waals surface area contributed by atoms with Crippen LogP contribution in [0.1, 0.15) is 11.1 Å². The molecule has 0 amide bonds. The van der Waals surface area contributed by atoms with E-state index in [1.807, 2.05) is 0 Å². The average molecular weight is 287 g/mol. The van der Waals surface area contributed by atoms with Crippen molar-refractivity contribution in [2.45, 2.75) is 13.5 Å². The summed E-state index contributed by atoms with van der Waals surface area (Å²) in [7, 11) is 0. The predicted octanol–water partition coefficient (Wildman–Crippen LogP) is 3.42. The van der Waals surface area contributed by atoms with Crippen molar-refractivity contribution in [3.8, 4) is 0 Å². The molecule has 0 aromatic heterocycles. The largest absolute Gasteiger partial charge is 0.375 e. The molecule has 7 nitrogen and oxygen atoms in total. The van der Waals surface area contributed by atoms with Crippen molar-refractivity contribution >= 4 is 17.1 Å². The minimum atomic E-state index is -0.472. The van der Waals surface area contributed by atoms with Crippen LogP contribution in [0.2, 0.25) is 0 Å². The van der Waals surface area contributed by atoms with Gasteiger partial charge in [0.05, 0.1) is 9.85 Å². The highest BCUT2D eigenvalue weighted by molar-refractivity contribution is 5.61. The van der Waals surface area contributed by atoms with Crippen molar-refractivity contribution in [1.29, 1.82) is 0 Å². The van der Waals surface area contributed by atoms with Gasteiger partial charge in [-0.2, -0.15) is 0 Å². The van der Waals surface area contributed by atoms with E-state index in [1.54, 1.807) is 37.3 Å². The van der Waals surface area contributed by atoms with Crippen LogP contribution >= 0.6 is 0 Å². The van der Waals surface area contributed by atoms with E-state index in [9.17, 15) is 20.2 Å². The molecule has 0 unspecified atom stereocenters. The van der Waals surface area contributed by atoms with Crippen molar-refractivity contribution in [1.82, 2.24) is 0 Å². The standard InChI is InChI=1S/C14H13N3O4/c1-10-6-7-11(8-14(10)17(20)21)9-15-12-4-2-3-5-13(12)16(18)19/h2-8,15H,9H2,1H3. The zero-order valence-corrected chi connectivity index (χ0v) is 11.3. The molecule has 108 valence electrons. The van der Waals surface area contributed by atoms with Crippen molar-refractivity contribution < 1.29 is 9.85 Å². The van der Waals surface area contributed by atoms with Crippen LogP contribution in [0.25, 0.3) is 0 Å². The molecular formula is C14H13N3O4. The molecule has 0 radical (unpaired) electrons. The molecule has 2 aromatic rings. The van der Waals surface area contributed by atoms with Gasteiger partial charge in [-0.3, -0.25) is 20.2 Å². The first kappa shape index (κ1) is 14.4. The number of aryl methyl sites for hydroxylation is 1. The third-order valence-corrected chi connectivity index (χ3v) is 3.05. The molecule has 0 fully saturated rings. The van der Waals surface area contributed by atoms with Gasteiger partial charge in [-0.15, -0.1) is 0 Å². The highest BCUT2D eigenvalue weighted by Crippen LogP contribution is 2.25. The molecule has 0 saturated carbocycles. The second-order valence-electron chi connectivity index (χ2n) is 4.51. The van der Waals surface area contributed by atoms with Gasteiger partial charge in [0.1, 0.15) is 5.69 Å². The Morgan fingerprint density at radius 1 is 1.00 bits per heavy atom. The molecule has 0 saturated heterocycles. The van der Waals surface area contributed by atoms with Gasteiger partial charge >= 0.3 is 0 Å². The van der Waals surface area contributed by atoms with Crippen molar-refractivity contribution in [3.63, 3.8) is 0 Å². The zero-order valence-electron chi connectivity index (χ0n) is 11.3. The van der Waals surface area contributed by atoms with Crippen LogP contribution in [-0.2, 0) is 6.54 Å². The molecule has 0 aliphatic carbocycles. The van der Waals surface area contributed by atoms with Crippen LogP contribution in [0.5, 0.6) is 0 Å². The Balaban J connectivity index is 2.19. The summed E-state index contributed by atoms with van der Waals surface area (Å²) >= 11 is 0. The lowest BCUT2D eigenvalue weighted by molar-refractivity contribution is -0.385. The van der Waals surface area contributed by atoms with Gasteiger partial charge in [0.25, 0.3) is 11.4 Å². The summed E-state index contributed by atoms with van der Waals surface area (Å²) in [5.41, 5.74) is 1.65. The first-order valence-corrected chi connectivity index (χ1v) is 6.20. The molecule has 1 N–H and O–H groups in total. The molecule has 0 atom stereocenters. The van der Waals surface area contributed by atoms with Gasteiger partial charge in [-0.1, -0.05) is 24.3 Å². The monoisotopic (exact) mass is 287 g/mol. The number of anilines is 1. The molecule has 7 heteroatoms. The van der Waals surface area contributed by atoms with Crippen molar-refractivity contribution in [2.24, 2.45) is 0 Å². The highest BCUT2D eigenvalue weighted by atomic mass is 16.6. The Labute approximate surface area is 120 Å². The van der Waals surface area contributed by atoms with Crippen LogP contribution in [-0.4, -0.2) is 9.85 Å². The minimum Gasteiger partial charge on any atom is -0.375 e. The van der Waals surface area contributed by atoms with Crippen LogP contribution < -0.4 is 5.32 Å². The Kier molecular flexibility index (Phi) is 4.13. The van der Waals surface area contributed by atoms with Crippen molar-refractivity contribution in [3.05, 3.63) is 73.8 Å². The lowest BCUT2D eigenvalue weighted by Gasteiger charge is -2.07. The maximum atomic E-state index is 10.9. The van der Waals surface area contributed by atoms with Crippen LogP contribution in [0.3, 0.4) is 0 Å². The van der Waals surface area contributed by atoms with E-state index >= 15 is 0 Å². The summed E-state index contributed by atoms with van der Waals surface area (Å²) in [4.78, 5) is 20.9. The fourth-order valence-corrected chi connectivity index (χ4v) is 1.94. The summed E-state index contributed by atoms with van der Waals surface area (Å²) in [5, 5.41) is 24.7. The average Bonchev–Trinajstić information content (AvgIpc) is 2.46. The molecule has 0 aliphatic heterocycles. The Hall–Kier alpha value is -2.96. The lowest BCUT2D eigenvalue weighted by Crippen LogP contribution is -2.03. The third-order valence-electron chi connectivity index (χ3n) is 3.05. The van der Waals surface area contributed by atoms with Gasteiger partial charge in [-0.25, -0.2) is 0 Å². The third kappa shape index (κ3) is 3.33. The summed E-state index contributed by atoms with van der Waals surface area (Å²) in [6, 6.07) is 11.2. The zero-order chi connectivity index (χ0) is 15.4. The second-order valence-corrected chi connectivity index (χ2v) is 4.51. The molecule has 0 bridgehead atoms. The lowest BCUT2D eigenvalue weighted by atomic mass is 10.1. The van der Waals surface area contributed by atoms with Crippen LogP contribution in [0, 0.1) is 27.2 Å². The van der Waals surface area contributed by atoms with Gasteiger partial charge in [0.15, 0.2) is 0 Å². The summed E-state index contributed by atoms with van der Waals surface area (Å²) in [6.45, 7) is 1.93. The Morgan fingerprint density at radius 2 is 1.67 bits per heavy atom. The quantitative estimate of drug-likeness (QED) is 0.671. The van der Waals surface area contributed by atoms with E-state index in [4.69, 9.17) is 0 Å². The Bertz CT molecular complexity index is 700. The van der Waals surface area contributed by atoms with Gasteiger partial charge in [0.2, 0.25) is 0 Å². The molecule has 2 aromatic carbocycles. The van der Waals surface area contributed by atoms with Crippen molar-refractivity contribution in [2.75, 3.05) is 5.32 Å². The molecule has 0 aliphatic rings. The second kappa shape index (κ2) is 6.00.